The van der Waals surface area contributed by atoms with Gasteiger partial charge in [-0.2, -0.15) is 0 Å². The number of para-hydroxylation sites is 1. The van der Waals surface area contributed by atoms with Crippen molar-refractivity contribution in [3.63, 3.8) is 0 Å². The van der Waals surface area contributed by atoms with Crippen molar-refractivity contribution in [2.24, 2.45) is 0 Å². The van der Waals surface area contributed by atoms with Crippen molar-refractivity contribution in [3.05, 3.63) is 58.3 Å². The molecule has 1 amide bonds. The lowest BCUT2D eigenvalue weighted by molar-refractivity contribution is 0.0927. The number of aromatic hydroxyl groups is 1. The van der Waals surface area contributed by atoms with Crippen LogP contribution in [0.2, 0.25) is 10.0 Å². The maximum Gasteiger partial charge on any atom is 0.287 e. The topological polar surface area (TPSA) is 69.0 Å². The zero-order valence-electron chi connectivity index (χ0n) is 17.1. The number of nitrogens with zero attached hydrogens (tertiary/aromatic N) is 2. The van der Waals surface area contributed by atoms with Crippen LogP contribution in [0.4, 0.5) is 5.69 Å². The average Bonchev–Trinajstić information content (AvgIpc) is 3.22. The Morgan fingerprint density at radius 3 is 2.61 bits per heavy atom. The second-order valence-electron chi connectivity index (χ2n) is 7.67. The highest BCUT2D eigenvalue weighted by atomic mass is 35.5. The van der Waals surface area contributed by atoms with Gasteiger partial charge >= 0.3 is 0 Å². The number of phenols is 1. The number of carbonyl (C=O) groups excluding carboxylic acids is 1. The highest BCUT2D eigenvalue weighted by molar-refractivity contribution is 6.43. The smallest absolute Gasteiger partial charge is 0.287 e. The van der Waals surface area contributed by atoms with Gasteiger partial charge in [0.25, 0.3) is 5.91 Å². The van der Waals surface area contributed by atoms with Crippen LogP contribution < -0.4 is 10.2 Å². The summed E-state index contributed by atoms with van der Waals surface area (Å²) in [5.74, 6) is -0.0100. The molecule has 0 saturated carbocycles. The summed E-state index contributed by atoms with van der Waals surface area (Å²) in [5.41, 5.74) is 1.33. The van der Waals surface area contributed by atoms with E-state index in [-0.39, 0.29) is 17.4 Å². The third-order valence-corrected chi connectivity index (χ3v) is 6.39. The Labute approximate surface area is 191 Å². The lowest BCUT2D eigenvalue weighted by atomic mass is 10.2. The summed E-state index contributed by atoms with van der Waals surface area (Å²) in [6.45, 7) is 5.34. The van der Waals surface area contributed by atoms with Gasteiger partial charge in [0.2, 0.25) is 0 Å². The monoisotopic (exact) mass is 461 g/mol. The molecule has 8 heteroatoms. The summed E-state index contributed by atoms with van der Waals surface area (Å²) in [5, 5.41) is 14.6. The minimum absolute atomic E-state index is 0.0364. The Hall–Kier alpha value is -2.41. The molecule has 0 aliphatic carbocycles. The number of phenolic OH excluding ortho intramolecular Hbond substituents is 1. The van der Waals surface area contributed by atoms with Crippen LogP contribution in [0.3, 0.4) is 0 Å². The second-order valence-corrected chi connectivity index (χ2v) is 8.46. The van der Waals surface area contributed by atoms with Crippen molar-refractivity contribution < 1.29 is 14.3 Å². The zero-order valence-corrected chi connectivity index (χ0v) is 18.6. The van der Waals surface area contributed by atoms with Crippen molar-refractivity contribution in [1.82, 2.24) is 10.2 Å². The number of hydrogen-bond acceptors (Lipinski definition) is 5. The number of furan rings is 1. The van der Waals surface area contributed by atoms with Crippen molar-refractivity contribution in [2.75, 3.05) is 44.2 Å². The van der Waals surface area contributed by atoms with Gasteiger partial charge < -0.3 is 19.7 Å². The Kier molecular flexibility index (Phi) is 6.90. The number of amides is 1. The van der Waals surface area contributed by atoms with Crippen LogP contribution in [-0.2, 0) is 0 Å². The molecule has 3 aromatic rings. The molecule has 1 aliphatic rings. The van der Waals surface area contributed by atoms with Gasteiger partial charge in [0.05, 0.1) is 15.7 Å². The third-order valence-electron chi connectivity index (χ3n) is 5.58. The molecule has 0 atom stereocenters. The molecule has 0 bridgehead atoms. The maximum absolute atomic E-state index is 12.3. The summed E-state index contributed by atoms with van der Waals surface area (Å²) in [6, 6.07) is 12.5. The molecular formula is C23H25Cl2N3O3. The van der Waals surface area contributed by atoms with E-state index in [0.29, 0.717) is 27.6 Å². The van der Waals surface area contributed by atoms with Gasteiger partial charge in [-0.15, -0.1) is 0 Å². The van der Waals surface area contributed by atoms with Crippen LogP contribution in [0.1, 0.15) is 23.4 Å². The van der Waals surface area contributed by atoms with E-state index in [0.717, 1.165) is 51.3 Å². The summed E-state index contributed by atoms with van der Waals surface area (Å²) in [7, 11) is 0. The molecule has 1 aliphatic heterocycles. The number of fused-ring (bicyclic) bond motifs is 1. The van der Waals surface area contributed by atoms with Gasteiger partial charge in [-0.25, -0.2) is 0 Å². The normalized spacial score (nSPS) is 14.8. The van der Waals surface area contributed by atoms with Crippen molar-refractivity contribution in [2.45, 2.75) is 12.8 Å². The van der Waals surface area contributed by atoms with E-state index in [9.17, 15) is 9.90 Å². The van der Waals surface area contributed by atoms with Gasteiger partial charge in [0, 0.05) is 38.1 Å². The van der Waals surface area contributed by atoms with E-state index in [4.69, 9.17) is 27.6 Å². The number of anilines is 1. The number of carbonyl (C=O) groups is 1. The Balaban J connectivity index is 1.16. The van der Waals surface area contributed by atoms with E-state index >= 15 is 0 Å². The van der Waals surface area contributed by atoms with Crippen LogP contribution in [0.5, 0.6) is 5.75 Å². The predicted molar refractivity (Wildman–Crippen MR) is 125 cm³/mol. The minimum Gasteiger partial charge on any atom is -0.504 e. The van der Waals surface area contributed by atoms with Gasteiger partial charge in [0.1, 0.15) is 0 Å². The van der Waals surface area contributed by atoms with Crippen LogP contribution in [-0.4, -0.2) is 55.2 Å². The molecule has 6 nitrogen and oxygen atoms in total. The third kappa shape index (κ3) is 5.09. The quantitative estimate of drug-likeness (QED) is 0.495. The van der Waals surface area contributed by atoms with Gasteiger partial charge in [-0.1, -0.05) is 41.4 Å². The first kappa shape index (κ1) is 21.8. The Morgan fingerprint density at radius 2 is 1.84 bits per heavy atom. The van der Waals surface area contributed by atoms with Gasteiger partial charge in [0.15, 0.2) is 17.1 Å². The molecule has 2 heterocycles. The first-order chi connectivity index (χ1) is 15.0. The molecule has 2 aromatic carbocycles. The molecule has 0 radical (unpaired) electrons. The molecule has 1 saturated heterocycles. The molecule has 1 fully saturated rings. The number of nitrogens with one attached hydrogen (secondary N) is 1. The molecule has 2 N–H and O–H groups in total. The Morgan fingerprint density at radius 1 is 1.06 bits per heavy atom. The van der Waals surface area contributed by atoms with E-state index in [2.05, 4.69) is 15.1 Å². The van der Waals surface area contributed by atoms with Gasteiger partial charge in [-0.05, 0) is 43.7 Å². The number of hydrogen-bond donors (Lipinski definition) is 2. The number of halogens is 2. The molecule has 0 unspecified atom stereocenters. The maximum atomic E-state index is 12.3. The van der Waals surface area contributed by atoms with E-state index < -0.39 is 0 Å². The summed E-state index contributed by atoms with van der Waals surface area (Å²) in [6.07, 6.45) is 1.89. The van der Waals surface area contributed by atoms with E-state index in [1.807, 2.05) is 12.1 Å². The fourth-order valence-electron chi connectivity index (χ4n) is 3.86. The summed E-state index contributed by atoms with van der Waals surface area (Å²) < 4.78 is 5.48. The molecule has 1 aromatic heterocycles. The van der Waals surface area contributed by atoms with E-state index in [1.54, 1.807) is 24.3 Å². The average molecular weight is 462 g/mol. The van der Waals surface area contributed by atoms with Crippen molar-refractivity contribution >= 4 is 45.8 Å². The number of rotatable bonds is 7. The largest absolute Gasteiger partial charge is 0.504 e. The van der Waals surface area contributed by atoms with Crippen LogP contribution in [0.25, 0.3) is 11.0 Å². The van der Waals surface area contributed by atoms with Crippen LogP contribution >= 0.6 is 23.2 Å². The molecule has 0 spiro atoms. The Bertz CT molecular complexity index is 1060. The van der Waals surface area contributed by atoms with Gasteiger partial charge in [-0.3, -0.25) is 9.69 Å². The first-order valence-corrected chi connectivity index (χ1v) is 11.2. The molecule has 4 rings (SSSR count). The fourth-order valence-corrected chi connectivity index (χ4v) is 4.27. The number of benzene rings is 2. The lowest BCUT2D eigenvalue weighted by Crippen LogP contribution is -2.46. The SMILES string of the molecule is O=C(NCCCCN1CCN(c2cccc(Cl)c2Cl)CC1)c1cc2cccc(O)c2o1. The number of piperazine rings is 1. The molecule has 31 heavy (non-hydrogen) atoms. The minimum atomic E-state index is -0.261. The molecule has 164 valence electrons. The highest BCUT2D eigenvalue weighted by Gasteiger charge is 2.19. The number of unbranched alkanes of at least 4 members (excludes halogenated alkanes) is 1. The fraction of sp³-hybridized carbons (Fsp3) is 0.348. The predicted octanol–water partition coefficient (Wildman–Crippen LogP) is 4.78. The second kappa shape index (κ2) is 9.81. The van der Waals surface area contributed by atoms with Crippen molar-refractivity contribution in [3.8, 4) is 5.75 Å². The summed E-state index contributed by atoms with van der Waals surface area (Å²) >= 11 is 12.5. The summed E-state index contributed by atoms with van der Waals surface area (Å²) in [4.78, 5) is 17.0. The molecular weight excluding hydrogens is 437 g/mol. The standard InChI is InChI=1S/C23H25Cl2N3O3/c24-17-6-4-7-18(21(17)25)28-13-11-27(12-14-28)10-2-1-9-26-23(30)20-15-16-5-3-8-19(29)22(16)31-20/h3-8,15,29H,1-2,9-14H2,(H,26,30). The van der Waals surface area contributed by atoms with Crippen LogP contribution in [0, 0.1) is 0 Å². The van der Waals surface area contributed by atoms with Crippen LogP contribution in [0.15, 0.2) is 46.9 Å². The van der Waals surface area contributed by atoms with Crippen molar-refractivity contribution in [1.29, 1.82) is 0 Å². The lowest BCUT2D eigenvalue weighted by Gasteiger charge is -2.36. The first-order valence-electron chi connectivity index (χ1n) is 10.4. The highest BCUT2D eigenvalue weighted by Crippen LogP contribution is 2.33. The zero-order chi connectivity index (χ0) is 21.8. The van der Waals surface area contributed by atoms with E-state index in [1.165, 1.54) is 6.07 Å².